The summed E-state index contributed by atoms with van der Waals surface area (Å²) in [6, 6.07) is 6.58. The predicted octanol–water partition coefficient (Wildman–Crippen LogP) is 3.91. The Kier molecular flexibility index (Phi) is 5.48. The van der Waals surface area contributed by atoms with Crippen LogP contribution in [0, 0.1) is 11.7 Å². The second-order valence-electron chi connectivity index (χ2n) is 6.79. The molecule has 28 heavy (non-hydrogen) atoms. The van der Waals surface area contributed by atoms with Crippen LogP contribution >= 0.6 is 15.9 Å². The van der Waals surface area contributed by atoms with Gasteiger partial charge in [-0.1, -0.05) is 0 Å². The quantitative estimate of drug-likeness (QED) is 0.606. The van der Waals surface area contributed by atoms with Crippen molar-refractivity contribution in [2.24, 2.45) is 11.7 Å². The SMILES string of the molecule is C[C@@]1(c2cc(NC(=O)c3ccc(Br)cn3)ccc2F)NC(N)C[C@@H]1C(F)(F)F. The molecule has 1 aliphatic heterocycles. The lowest BCUT2D eigenvalue weighted by Crippen LogP contribution is -2.47. The van der Waals surface area contributed by atoms with Crippen LogP contribution in [0.25, 0.3) is 0 Å². The number of rotatable bonds is 3. The monoisotopic (exact) mass is 460 g/mol. The summed E-state index contributed by atoms with van der Waals surface area (Å²) in [5, 5.41) is 5.18. The maximum Gasteiger partial charge on any atom is 0.394 e. The average Bonchev–Trinajstić information content (AvgIpc) is 2.93. The van der Waals surface area contributed by atoms with Crippen LogP contribution in [0.3, 0.4) is 0 Å². The first-order chi connectivity index (χ1) is 13.0. The molecule has 3 atom stereocenters. The van der Waals surface area contributed by atoms with Gasteiger partial charge in [-0.25, -0.2) is 9.37 Å². The molecular weight excluding hydrogens is 444 g/mol. The Morgan fingerprint density at radius 3 is 2.68 bits per heavy atom. The summed E-state index contributed by atoms with van der Waals surface area (Å²) in [5.41, 5.74) is 3.95. The maximum absolute atomic E-state index is 14.5. The van der Waals surface area contributed by atoms with Gasteiger partial charge < -0.3 is 11.1 Å². The molecule has 10 heteroatoms. The largest absolute Gasteiger partial charge is 0.394 e. The minimum atomic E-state index is -4.57. The first-order valence-electron chi connectivity index (χ1n) is 8.33. The topological polar surface area (TPSA) is 80.0 Å². The third-order valence-corrected chi connectivity index (χ3v) is 5.28. The molecule has 0 bridgehead atoms. The number of nitrogens with one attached hydrogen (secondary N) is 2. The lowest BCUT2D eigenvalue weighted by molar-refractivity contribution is -0.188. The molecule has 2 aromatic rings. The second kappa shape index (κ2) is 7.41. The molecule has 1 saturated heterocycles. The van der Waals surface area contributed by atoms with E-state index < -0.39 is 35.5 Å². The number of carbonyl (C=O) groups is 1. The molecule has 5 nitrogen and oxygen atoms in total. The molecule has 1 aliphatic rings. The number of carbonyl (C=O) groups excluding carboxylic acids is 1. The fourth-order valence-electron chi connectivity index (χ4n) is 3.47. The number of pyridine rings is 1. The number of benzene rings is 1. The van der Waals surface area contributed by atoms with Crippen molar-refractivity contribution in [3.63, 3.8) is 0 Å². The number of alkyl halides is 3. The molecule has 1 amide bonds. The van der Waals surface area contributed by atoms with Gasteiger partial charge in [0, 0.05) is 21.9 Å². The zero-order valence-electron chi connectivity index (χ0n) is 14.6. The molecule has 0 spiro atoms. The van der Waals surface area contributed by atoms with Gasteiger partial charge in [-0.2, -0.15) is 13.2 Å². The Morgan fingerprint density at radius 2 is 2.07 bits per heavy atom. The summed E-state index contributed by atoms with van der Waals surface area (Å²) in [7, 11) is 0. The molecule has 3 rings (SSSR count). The van der Waals surface area contributed by atoms with Crippen LogP contribution in [0.5, 0.6) is 0 Å². The van der Waals surface area contributed by atoms with Crippen molar-refractivity contribution >= 4 is 27.5 Å². The van der Waals surface area contributed by atoms with E-state index in [-0.39, 0.29) is 23.4 Å². The number of anilines is 1. The maximum atomic E-state index is 14.5. The summed E-state index contributed by atoms with van der Waals surface area (Å²) >= 11 is 3.20. The summed E-state index contributed by atoms with van der Waals surface area (Å²) < 4.78 is 55.7. The molecule has 1 aromatic carbocycles. The van der Waals surface area contributed by atoms with E-state index in [1.165, 1.54) is 31.3 Å². The fourth-order valence-corrected chi connectivity index (χ4v) is 3.70. The van der Waals surface area contributed by atoms with Crippen LogP contribution in [0.4, 0.5) is 23.2 Å². The van der Waals surface area contributed by atoms with E-state index in [1.807, 2.05) is 0 Å². The molecule has 1 aromatic heterocycles. The van der Waals surface area contributed by atoms with Gasteiger partial charge >= 0.3 is 6.18 Å². The van der Waals surface area contributed by atoms with E-state index in [9.17, 15) is 22.4 Å². The first kappa shape index (κ1) is 20.7. The summed E-state index contributed by atoms with van der Waals surface area (Å²) in [6.07, 6.45) is -4.44. The number of amides is 1. The summed E-state index contributed by atoms with van der Waals surface area (Å²) in [6.45, 7) is 1.26. The Labute approximate surface area is 166 Å². The third-order valence-electron chi connectivity index (χ3n) is 4.81. The Balaban J connectivity index is 1.93. The first-order valence-corrected chi connectivity index (χ1v) is 9.13. The van der Waals surface area contributed by atoms with Crippen LogP contribution in [0.1, 0.15) is 29.4 Å². The number of hydrogen-bond acceptors (Lipinski definition) is 4. The number of nitrogens with zero attached hydrogens (tertiary/aromatic N) is 1. The zero-order chi connectivity index (χ0) is 20.7. The zero-order valence-corrected chi connectivity index (χ0v) is 16.2. The van der Waals surface area contributed by atoms with Gasteiger partial charge in [-0.3, -0.25) is 10.1 Å². The molecule has 0 radical (unpaired) electrons. The van der Waals surface area contributed by atoms with Gasteiger partial charge in [0.05, 0.1) is 17.6 Å². The van der Waals surface area contributed by atoms with Gasteiger partial charge in [0.1, 0.15) is 11.5 Å². The fraction of sp³-hybridized carbons (Fsp3) is 0.333. The molecule has 1 fully saturated rings. The number of nitrogens with two attached hydrogens (primary N) is 1. The van der Waals surface area contributed by atoms with Crippen LogP contribution in [0.2, 0.25) is 0 Å². The van der Waals surface area contributed by atoms with Crippen molar-refractivity contribution in [2.45, 2.75) is 31.2 Å². The number of aromatic nitrogens is 1. The molecule has 0 aliphatic carbocycles. The molecule has 2 heterocycles. The van der Waals surface area contributed by atoms with Crippen molar-refractivity contribution in [3.8, 4) is 0 Å². The summed E-state index contributed by atoms with van der Waals surface area (Å²) in [5.74, 6) is -3.26. The van der Waals surface area contributed by atoms with Gasteiger partial charge in [-0.15, -0.1) is 0 Å². The van der Waals surface area contributed by atoms with Crippen LogP contribution in [-0.4, -0.2) is 23.2 Å². The Morgan fingerprint density at radius 1 is 1.36 bits per heavy atom. The van der Waals surface area contributed by atoms with Gasteiger partial charge in [0.15, 0.2) is 0 Å². The van der Waals surface area contributed by atoms with E-state index in [1.54, 1.807) is 6.07 Å². The standard InChI is InChI=1S/C18H17BrF4N4O/c1-17(14(18(21,22)23)7-15(24)27-17)11-6-10(3-4-12(11)20)26-16(28)13-5-2-9(19)8-25-13/h2-6,8,14-15,27H,7,24H2,1H3,(H,26,28)/t14-,15?,17-/m0/s1. The molecular formula is C18H17BrF4N4O. The molecule has 150 valence electrons. The van der Waals surface area contributed by atoms with E-state index in [0.29, 0.717) is 4.47 Å². The van der Waals surface area contributed by atoms with Crippen molar-refractivity contribution in [3.05, 3.63) is 58.1 Å². The van der Waals surface area contributed by atoms with Crippen LogP contribution < -0.4 is 16.4 Å². The van der Waals surface area contributed by atoms with E-state index >= 15 is 0 Å². The molecule has 4 N–H and O–H groups in total. The molecule has 0 saturated carbocycles. The van der Waals surface area contributed by atoms with E-state index in [0.717, 1.165) is 6.07 Å². The highest BCUT2D eigenvalue weighted by Crippen LogP contribution is 2.47. The van der Waals surface area contributed by atoms with Gasteiger partial charge in [0.25, 0.3) is 5.91 Å². The Hall–Kier alpha value is -2.04. The highest BCUT2D eigenvalue weighted by Gasteiger charge is 2.57. The van der Waals surface area contributed by atoms with Crippen molar-refractivity contribution in [1.82, 2.24) is 10.3 Å². The minimum absolute atomic E-state index is 0.106. The second-order valence-corrected chi connectivity index (χ2v) is 7.71. The minimum Gasteiger partial charge on any atom is -0.321 e. The van der Waals surface area contributed by atoms with Gasteiger partial charge in [-0.05, 0) is 59.6 Å². The lowest BCUT2D eigenvalue weighted by atomic mass is 9.80. The lowest BCUT2D eigenvalue weighted by Gasteiger charge is -2.34. The van der Waals surface area contributed by atoms with Crippen molar-refractivity contribution < 1.29 is 22.4 Å². The van der Waals surface area contributed by atoms with E-state index in [4.69, 9.17) is 5.73 Å². The average molecular weight is 461 g/mol. The normalized spacial score (nSPS) is 25.0. The van der Waals surface area contributed by atoms with E-state index in [2.05, 4.69) is 31.5 Å². The van der Waals surface area contributed by atoms with Crippen molar-refractivity contribution in [1.29, 1.82) is 0 Å². The van der Waals surface area contributed by atoms with Crippen LogP contribution in [0.15, 0.2) is 41.0 Å². The number of halogens is 5. The smallest absolute Gasteiger partial charge is 0.321 e. The third kappa shape index (κ3) is 4.03. The Bertz CT molecular complexity index is 890. The van der Waals surface area contributed by atoms with Crippen molar-refractivity contribution in [2.75, 3.05) is 5.32 Å². The van der Waals surface area contributed by atoms with Crippen LogP contribution in [-0.2, 0) is 5.54 Å². The highest BCUT2D eigenvalue weighted by molar-refractivity contribution is 9.10. The summed E-state index contributed by atoms with van der Waals surface area (Å²) in [4.78, 5) is 16.2. The van der Waals surface area contributed by atoms with Gasteiger partial charge in [0.2, 0.25) is 0 Å². The number of hydrogen-bond donors (Lipinski definition) is 3. The molecule has 1 unspecified atom stereocenters. The highest BCUT2D eigenvalue weighted by atomic mass is 79.9. The predicted molar refractivity (Wildman–Crippen MR) is 98.9 cm³/mol.